The Hall–Kier alpha value is -6.04. The molecule has 0 bridgehead atoms. The zero-order valence-electron chi connectivity index (χ0n) is 62.3. The van der Waals surface area contributed by atoms with Crippen molar-refractivity contribution in [2.45, 2.75) is 259 Å². The van der Waals surface area contributed by atoms with Crippen LogP contribution in [-0.4, -0.2) is 200 Å². The summed E-state index contributed by atoms with van der Waals surface area (Å²) in [5, 5.41) is 44.4. The fraction of sp³-hybridized carbons (Fsp3) is 0.620. The number of likely N-dealkylation sites (tertiary alicyclic amines) is 3. The molecule has 5 heterocycles. The van der Waals surface area contributed by atoms with Gasteiger partial charge in [-0.25, -0.2) is 24.0 Å². The Morgan fingerprint density at radius 1 is 0.476 bits per heavy atom. The van der Waals surface area contributed by atoms with Crippen molar-refractivity contribution < 1.29 is 128 Å². The number of esters is 4. The summed E-state index contributed by atoms with van der Waals surface area (Å²) in [6, 6.07) is 40.4. The zero-order valence-corrected chi connectivity index (χ0v) is 64.3. The average Bonchev–Trinajstić information content (AvgIpc) is 1.60. The Morgan fingerprint density at radius 2 is 0.810 bits per heavy atom. The van der Waals surface area contributed by atoms with E-state index in [0.29, 0.717) is 90.9 Å². The van der Waals surface area contributed by atoms with E-state index in [0.717, 1.165) is 54.4 Å². The van der Waals surface area contributed by atoms with Crippen LogP contribution < -0.4 is 40.2 Å². The van der Waals surface area contributed by atoms with Crippen LogP contribution in [0.3, 0.4) is 0 Å². The molecule has 0 aliphatic carbocycles. The maximum Gasteiger partial charge on any atom is 1.00 e. The maximum atomic E-state index is 12.9. The van der Waals surface area contributed by atoms with Gasteiger partial charge in [-0.15, -0.1) is 0 Å². The van der Waals surface area contributed by atoms with Crippen molar-refractivity contribution in [2.75, 3.05) is 59.5 Å². The molecule has 9 rings (SSSR count). The van der Waals surface area contributed by atoms with Crippen molar-refractivity contribution in [2.24, 2.45) is 0 Å². The van der Waals surface area contributed by atoms with Crippen LogP contribution in [0.1, 0.15) is 193 Å². The second-order valence-electron chi connectivity index (χ2n) is 27.3. The predicted molar refractivity (Wildman–Crippen MR) is 400 cm³/mol. The van der Waals surface area contributed by atoms with Gasteiger partial charge >= 0.3 is 65.5 Å². The van der Waals surface area contributed by atoms with E-state index in [4.69, 9.17) is 47.4 Å². The first-order valence-electron chi connectivity index (χ1n) is 35.1. The first kappa shape index (κ1) is 101. The van der Waals surface area contributed by atoms with E-state index >= 15 is 0 Å². The number of benzene rings is 4. The quantitative estimate of drug-likeness (QED) is 0.0216. The fourth-order valence-electron chi connectivity index (χ4n) is 13.4. The maximum absolute atomic E-state index is 12.9. The van der Waals surface area contributed by atoms with Crippen LogP contribution >= 0.6 is 0 Å². The van der Waals surface area contributed by atoms with Gasteiger partial charge in [-0.05, 0) is 170 Å². The van der Waals surface area contributed by atoms with Crippen LogP contribution in [-0.2, 0) is 83.4 Å². The molecule has 4 aromatic carbocycles. The number of nitrogens with zero attached hydrogens (tertiary/aromatic N) is 3. The van der Waals surface area contributed by atoms with Crippen molar-refractivity contribution in [3.8, 4) is 0 Å². The molecule has 0 aromatic heterocycles. The van der Waals surface area contributed by atoms with Crippen LogP contribution in [0, 0.1) is 0 Å². The topological polar surface area (TPSA) is 312 Å². The van der Waals surface area contributed by atoms with Crippen molar-refractivity contribution in [1.82, 2.24) is 25.3 Å². The van der Waals surface area contributed by atoms with E-state index in [-0.39, 0.29) is 134 Å². The average molecular weight is 1500 g/mol. The SMILES string of the molecule is C.C.C.CC1CCC(CO)(C(=O)O)N1Cc1ccccc1.CCOC(=O)C1(CO)CCC(C)N1.CCOC(=O)C1(CO)CCC(C)N1Cc1ccccc1.CCOC(=O)C1(COCc2ccccc2)CCC(C)N1.CCOC(=O)C1(COCc2ccccc2)CCC(C)N1C(=O)OC(C)(C)C.FF.[HH].[Na+].[OH-]. The minimum atomic E-state index is -1.16. The Kier molecular flexibility index (Phi) is 47.9. The van der Waals surface area contributed by atoms with Gasteiger partial charge in [-0.3, -0.25) is 30.1 Å². The van der Waals surface area contributed by atoms with E-state index in [1.54, 1.807) is 20.8 Å². The van der Waals surface area contributed by atoms with Gasteiger partial charge in [0.25, 0.3) is 0 Å². The molecule has 592 valence electrons. The molecule has 10 atom stereocenters. The number of aliphatic hydroxyl groups excluding tert-OH is 3. The van der Waals surface area contributed by atoms with Crippen LogP contribution in [0.4, 0.5) is 13.9 Å². The molecule has 0 spiro atoms. The standard InChI is InChI=1S/C21H31NO5.2C16H23NO3.C14H19NO3.C9H17NO3.3CH4.F2.Na.H2O.H2/c1-6-26-18(23)21(15-25-14-17-10-8-7-9-11-17)13-12-16(2)22(21)19(24)27-20(3,4)5;1-3-20-15(18)16(10-9-13(2)17-16)12-19-11-14-7-5-4-6-8-14;1-3-20-15(19)16(12-18)10-9-13(2)17(16)11-14-7-5-4-6-8-14;1-11-7-8-14(10-16,13(17)18)15(11)9-12-5-3-2-4-6-12;1-3-13-8(12)9(6-11)5-4-7(2)10-9;;;;1-2;;;/h7-11,16H,6,12-15H2,1-5H3;4-8,13,17H,3,9-12H2,1-2H3;4-8,13,18H,3,9-12H2,1-2H3;2-6,11,16H,7-10H2,1H3,(H,17,18);7,10-11H,3-6H2,1-2H3;3*1H4;;;1H2;1H/q;;;;;;;;;+1;;/p-1. The molecule has 0 saturated carbocycles. The van der Waals surface area contributed by atoms with Gasteiger partial charge in [0, 0.05) is 53.9 Å². The molecule has 1 amide bonds. The summed E-state index contributed by atoms with van der Waals surface area (Å²) in [7, 11) is 0. The molecule has 5 aliphatic heterocycles. The van der Waals surface area contributed by atoms with Crippen LogP contribution in [0.2, 0.25) is 0 Å². The second kappa shape index (κ2) is 49.8. The molecule has 5 aliphatic rings. The predicted octanol–water partition coefficient (Wildman–Crippen LogP) is 9.53. The van der Waals surface area contributed by atoms with Crippen LogP contribution in [0.15, 0.2) is 121 Å². The molecule has 23 nitrogen and oxygen atoms in total. The third-order valence-corrected chi connectivity index (χ3v) is 18.8. The Labute approximate surface area is 648 Å². The molecular weight excluding hydrogens is 1370 g/mol. The Bertz CT molecular complexity index is 3090. The molecule has 4 aromatic rings. The van der Waals surface area contributed by atoms with E-state index in [2.05, 4.69) is 29.4 Å². The summed E-state index contributed by atoms with van der Waals surface area (Å²) < 4.78 is 53.8. The fourth-order valence-corrected chi connectivity index (χ4v) is 13.4. The smallest absolute Gasteiger partial charge is 0.870 e. The number of nitrogens with one attached hydrogen (secondary N) is 2. The number of hydrogen-bond donors (Lipinski definition) is 6. The number of carboxylic acids is 1. The van der Waals surface area contributed by atoms with Gasteiger partial charge in [-0.1, -0.05) is 144 Å². The summed E-state index contributed by atoms with van der Waals surface area (Å²) in [5.74, 6) is -2.19. The van der Waals surface area contributed by atoms with Gasteiger partial charge in [-0.2, -0.15) is 0 Å². The van der Waals surface area contributed by atoms with E-state index in [1.807, 2.05) is 175 Å². The third kappa shape index (κ3) is 28.5. The van der Waals surface area contributed by atoms with Gasteiger partial charge in [0.05, 0.1) is 72.7 Å². The van der Waals surface area contributed by atoms with Crippen molar-refractivity contribution in [3.63, 3.8) is 0 Å². The van der Waals surface area contributed by atoms with E-state index in [9.17, 15) is 44.1 Å². The first-order chi connectivity index (χ1) is 47.7. The minimum Gasteiger partial charge on any atom is -0.870 e. The molecule has 10 unspecified atom stereocenters. The van der Waals surface area contributed by atoms with E-state index in [1.165, 1.54) is 4.90 Å². The summed E-state index contributed by atoms with van der Waals surface area (Å²) >= 11 is 0. The zero-order chi connectivity index (χ0) is 74.2. The first-order valence-corrected chi connectivity index (χ1v) is 35.1. The summed E-state index contributed by atoms with van der Waals surface area (Å²) in [6.07, 6.45) is 6.81. The van der Waals surface area contributed by atoms with Gasteiger partial charge in [0.1, 0.15) is 27.8 Å². The monoisotopic (exact) mass is 1500 g/mol. The number of aliphatic carboxylic acids is 1. The number of rotatable bonds is 24. The number of ether oxygens (including phenoxy) is 7. The van der Waals surface area contributed by atoms with Crippen molar-refractivity contribution >= 4 is 35.9 Å². The minimum absolute atomic E-state index is 0. The number of carbonyl (C=O) groups excluding carboxylic acids is 5. The molecule has 0 radical (unpaired) electrons. The summed E-state index contributed by atoms with van der Waals surface area (Å²) in [6.45, 7) is 25.8. The molecule has 5 saturated heterocycles. The van der Waals surface area contributed by atoms with Crippen molar-refractivity contribution in [1.29, 1.82) is 0 Å². The molecule has 5 fully saturated rings. The number of halogens is 2. The molecule has 26 heteroatoms. The molecular formula is C79H128F2N5NaO18. The number of carbonyl (C=O) groups is 6. The Morgan fingerprint density at radius 3 is 1.17 bits per heavy atom. The largest absolute Gasteiger partial charge is 1.00 e. The van der Waals surface area contributed by atoms with Gasteiger partial charge < -0.3 is 59.1 Å². The molecule has 7 N–H and O–H groups in total. The van der Waals surface area contributed by atoms with E-state index < -0.39 is 51.3 Å². The number of carboxylic acid groups (broad SMARTS) is 1. The molecule has 105 heavy (non-hydrogen) atoms. The van der Waals surface area contributed by atoms with Crippen LogP contribution in [0.5, 0.6) is 0 Å². The number of hydrogen-bond acceptors (Lipinski definition) is 21. The summed E-state index contributed by atoms with van der Waals surface area (Å²) in [4.78, 5) is 78.8. The van der Waals surface area contributed by atoms with Crippen LogP contribution in [0.25, 0.3) is 0 Å². The van der Waals surface area contributed by atoms with Gasteiger partial charge in [0.15, 0.2) is 5.54 Å². The third-order valence-electron chi connectivity index (χ3n) is 18.8. The Balaban J connectivity index is -0.00000124. The van der Waals surface area contributed by atoms with Crippen molar-refractivity contribution in [3.05, 3.63) is 144 Å². The number of amides is 1. The van der Waals surface area contributed by atoms with Gasteiger partial charge in [0.2, 0.25) is 0 Å². The second-order valence-corrected chi connectivity index (χ2v) is 27.3. The number of aliphatic hydroxyl groups is 3. The normalized spacial score (nSPS) is 24.8. The summed E-state index contributed by atoms with van der Waals surface area (Å²) in [5.41, 5.74) is -0.991.